The Labute approximate surface area is 168 Å². The second kappa shape index (κ2) is 8.97. The standard InChI is InChI=1S/C22H22N4O3/c1-14-23-19(13-21(28)24-14)12-20(16-6-4-3-5-7-16)26-22(29)17-8-10-18(11-9-17)25-15(2)27/h3-11,13,20H,12H2,1-2H3,(H,25,27)(H,26,29)(H,23,24,28)/t20-/m1/s1. The number of amides is 2. The minimum Gasteiger partial charge on any atom is -0.345 e. The third kappa shape index (κ3) is 5.62. The summed E-state index contributed by atoms with van der Waals surface area (Å²) in [6.07, 6.45) is 0.379. The zero-order chi connectivity index (χ0) is 20.8. The molecule has 3 aromatic rings. The molecule has 29 heavy (non-hydrogen) atoms. The quantitative estimate of drug-likeness (QED) is 0.602. The summed E-state index contributed by atoms with van der Waals surface area (Å²) < 4.78 is 0. The van der Waals surface area contributed by atoms with Crippen molar-refractivity contribution in [3.8, 4) is 0 Å². The number of aromatic amines is 1. The SMILES string of the molecule is CC(=O)Nc1ccc(C(=O)N[C@H](Cc2cc(=O)[nH]c(C)n2)c2ccccc2)cc1. The summed E-state index contributed by atoms with van der Waals surface area (Å²) in [6, 6.07) is 17.3. The first-order chi connectivity index (χ1) is 13.9. The van der Waals surface area contributed by atoms with Gasteiger partial charge >= 0.3 is 0 Å². The van der Waals surface area contributed by atoms with Gasteiger partial charge in [0.05, 0.1) is 11.7 Å². The van der Waals surface area contributed by atoms with E-state index in [1.165, 1.54) is 13.0 Å². The molecule has 0 saturated carbocycles. The van der Waals surface area contributed by atoms with Crippen molar-refractivity contribution in [1.82, 2.24) is 15.3 Å². The lowest BCUT2D eigenvalue weighted by molar-refractivity contribution is -0.114. The van der Waals surface area contributed by atoms with Crippen molar-refractivity contribution in [1.29, 1.82) is 0 Å². The molecular formula is C22H22N4O3. The lowest BCUT2D eigenvalue weighted by atomic mass is 10.0. The second-order valence-corrected chi connectivity index (χ2v) is 6.72. The van der Waals surface area contributed by atoms with Crippen LogP contribution < -0.4 is 16.2 Å². The average molecular weight is 390 g/mol. The fraction of sp³-hybridized carbons (Fsp3) is 0.182. The molecule has 1 aromatic heterocycles. The number of nitrogens with one attached hydrogen (secondary N) is 3. The number of carbonyl (C=O) groups excluding carboxylic acids is 2. The zero-order valence-corrected chi connectivity index (χ0v) is 16.2. The Kier molecular flexibility index (Phi) is 6.19. The molecule has 0 aliphatic carbocycles. The molecular weight excluding hydrogens is 368 g/mol. The van der Waals surface area contributed by atoms with Crippen molar-refractivity contribution >= 4 is 17.5 Å². The summed E-state index contributed by atoms with van der Waals surface area (Å²) in [4.78, 5) is 42.7. The Bertz CT molecular complexity index is 1060. The van der Waals surface area contributed by atoms with Gasteiger partial charge in [0.25, 0.3) is 11.5 Å². The lowest BCUT2D eigenvalue weighted by Gasteiger charge is -2.19. The summed E-state index contributed by atoms with van der Waals surface area (Å²) >= 11 is 0. The van der Waals surface area contributed by atoms with Gasteiger partial charge < -0.3 is 15.6 Å². The monoisotopic (exact) mass is 390 g/mol. The summed E-state index contributed by atoms with van der Waals surface area (Å²) in [7, 11) is 0. The lowest BCUT2D eigenvalue weighted by Crippen LogP contribution is -2.30. The first-order valence-electron chi connectivity index (χ1n) is 9.21. The topological polar surface area (TPSA) is 104 Å². The van der Waals surface area contributed by atoms with Crippen LogP contribution in [-0.4, -0.2) is 21.8 Å². The molecule has 2 aromatic carbocycles. The summed E-state index contributed by atoms with van der Waals surface area (Å²) in [5, 5.41) is 5.69. The number of hydrogen-bond acceptors (Lipinski definition) is 4. The van der Waals surface area contributed by atoms with Gasteiger partial charge in [0.1, 0.15) is 5.82 Å². The molecule has 0 bridgehead atoms. The molecule has 0 fully saturated rings. The van der Waals surface area contributed by atoms with E-state index in [0.717, 1.165) is 5.56 Å². The third-order valence-electron chi connectivity index (χ3n) is 4.30. The molecule has 0 aliphatic rings. The molecule has 0 unspecified atom stereocenters. The van der Waals surface area contributed by atoms with Crippen LogP contribution in [0.25, 0.3) is 0 Å². The Balaban J connectivity index is 1.82. The molecule has 1 atom stereocenters. The number of benzene rings is 2. The van der Waals surface area contributed by atoms with Crippen LogP contribution in [0.1, 0.15) is 40.4 Å². The molecule has 1 heterocycles. The minimum atomic E-state index is -0.354. The molecule has 148 valence electrons. The van der Waals surface area contributed by atoms with E-state index in [-0.39, 0.29) is 23.4 Å². The van der Waals surface area contributed by atoms with E-state index in [1.54, 1.807) is 31.2 Å². The van der Waals surface area contributed by atoms with Gasteiger partial charge in [-0.15, -0.1) is 0 Å². The molecule has 0 radical (unpaired) electrons. The van der Waals surface area contributed by atoms with Crippen molar-refractivity contribution in [3.63, 3.8) is 0 Å². The molecule has 3 rings (SSSR count). The van der Waals surface area contributed by atoms with E-state index in [1.807, 2.05) is 30.3 Å². The van der Waals surface area contributed by atoms with Crippen LogP contribution >= 0.6 is 0 Å². The van der Waals surface area contributed by atoms with E-state index >= 15 is 0 Å². The second-order valence-electron chi connectivity index (χ2n) is 6.72. The van der Waals surface area contributed by atoms with Crippen LogP contribution in [-0.2, 0) is 11.2 Å². The third-order valence-corrected chi connectivity index (χ3v) is 4.30. The normalized spacial score (nSPS) is 11.5. The first kappa shape index (κ1) is 20.0. The Morgan fingerprint density at radius 3 is 2.38 bits per heavy atom. The number of hydrogen-bond donors (Lipinski definition) is 3. The van der Waals surface area contributed by atoms with Gasteiger partial charge in [-0.1, -0.05) is 30.3 Å². The van der Waals surface area contributed by atoms with Crippen LogP contribution in [0.15, 0.2) is 65.5 Å². The molecule has 0 saturated heterocycles. The highest BCUT2D eigenvalue weighted by molar-refractivity contribution is 5.95. The molecule has 0 aliphatic heterocycles. The number of aryl methyl sites for hydroxylation is 1. The summed E-state index contributed by atoms with van der Waals surface area (Å²) in [5.74, 6) is 0.0981. The van der Waals surface area contributed by atoms with Crippen molar-refractivity contribution in [2.24, 2.45) is 0 Å². The van der Waals surface area contributed by atoms with Gasteiger partial charge in [0.15, 0.2) is 0 Å². The van der Waals surface area contributed by atoms with Crippen molar-refractivity contribution in [2.45, 2.75) is 26.3 Å². The predicted octanol–water partition coefficient (Wildman–Crippen LogP) is 2.75. The van der Waals surface area contributed by atoms with Crippen LogP contribution in [0.5, 0.6) is 0 Å². The zero-order valence-electron chi connectivity index (χ0n) is 16.2. The first-order valence-corrected chi connectivity index (χ1v) is 9.21. The molecule has 0 spiro atoms. The van der Waals surface area contributed by atoms with E-state index < -0.39 is 0 Å². The van der Waals surface area contributed by atoms with E-state index in [2.05, 4.69) is 20.6 Å². The highest BCUT2D eigenvalue weighted by Crippen LogP contribution is 2.18. The number of H-pyrrole nitrogens is 1. The Hall–Kier alpha value is -3.74. The summed E-state index contributed by atoms with van der Waals surface area (Å²) in [5.41, 5.74) is 2.38. The van der Waals surface area contributed by atoms with Crippen LogP contribution in [0.4, 0.5) is 5.69 Å². The van der Waals surface area contributed by atoms with Crippen molar-refractivity contribution in [2.75, 3.05) is 5.32 Å². The Morgan fingerprint density at radius 2 is 1.76 bits per heavy atom. The van der Waals surface area contributed by atoms with E-state index in [0.29, 0.717) is 29.2 Å². The predicted molar refractivity (Wildman–Crippen MR) is 111 cm³/mol. The van der Waals surface area contributed by atoms with Crippen molar-refractivity contribution < 1.29 is 9.59 Å². The van der Waals surface area contributed by atoms with Crippen LogP contribution in [0, 0.1) is 6.92 Å². The molecule has 7 heteroatoms. The number of nitrogens with zero attached hydrogens (tertiary/aromatic N) is 1. The number of aromatic nitrogens is 2. The highest BCUT2D eigenvalue weighted by Gasteiger charge is 2.17. The van der Waals surface area contributed by atoms with Gasteiger partial charge in [-0.3, -0.25) is 14.4 Å². The number of carbonyl (C=O) groups is 2. The molecule has 3 N–H and O–H groups in total. The van der Waals surface area contributed by atoms with Gasteiger partial charge in [-0.05, 0) is 36.8 Å². The maximum absolute atomic E-state index is 12.8. The number of rotatable bonds is 6. The van der Waals surface area contributed by atoms with E-state index in [9.17, 15) is 14.4 Å². The van der Waals surface area contributed by atoms with Gasteiger partial charge in [-0.25, -0.2) is 4.98 Å². The van der Waals surface area contributed by atoms with Crippen molar-refractivity contribution in [3.05, 3.63) is 93.7 Å². The van der Waals surface area contributed by atoms with Gasteiger partial charge in [-0.2, -0.15) is 0 Å². The molecule has 2 amide bonds. The van der Waals surface area contributed by atoms with Crippen LogP contribution in [0.3, 0.4) is 0 Å². The maximum atomic E-state index is 12.8. The van der Waals surface area contributed by atoms with Crippen LogP contribution in [0.2, 0.25) is 0 Å². The largest absolute Gasteiger partial charge is 0.345 e. The fourth-order valence-corrected chi connectivity index (χ4v) is 3.04. The highest BCUT2D eigenvalue weighted by atomic mass is 16.2. The number of anilines is 1. The van der Waals surface area contributed by atoms with E-state index in [4.69, 9.17) is 0 Å². The smallest absolute Gasteiger partial charge is 0.251 e. The summed E-state index contributed by atoms with van der Waals surface area (Å²) in [6.45, 7) is 3.15. The molecule has 7 nitrogen and oxygen atoms in total. The Morgan fingerprint density at radius 1 is 1.07 bits per heavy atom. The maximum Gasteiger partial charge on any atom is 0.251 e. The van der Waals surface area contributed by atoms with Gasteiger partial charge in [0, 0.05) is 30.7 Å². The fourth-order valence-electron chi connectivity index (χ4n) is 3.04. The average Bonchev–Trinajstić information content (AvgIpc) is 2.67. The van der Waals surface area contributed by atoms with Gasteiger partial charge in [0.2, 0.25) is 5.91 Å². The minimum absolute atomic E-state index is 0.174.